The summed E-state index contributed by atoms with van der Waals surface area (Å²) in [6.07, 6.45) is 0.584. The molecule has 0 aliphatic heterocycles. The summed E-state index contributed by atoms with van der Waals surface area (Å²) in [7, 11) is 1.33. The fraction of sp³-hybridized carbons (Fsp3) is 0.733. The second-order valence-electron chi connectivity index (χ2n) is 5.52. The number of hydrogen-bond acceptors (Lipinski definition) is 6. The van der Waals surface area contributed by atoms with Crippen LogP contribution in [0.15, 0.2) is 0 Å². The Morgan fingerprint density at radius 3 is 2.21 bits per heavy atom. The van der Waals surface area contributed by atoms with Crippen molar-refractivity contribution < 1.29 is 29.1 Å². The van der Waals surface area contributed by atoms with Crippen molar-refractivity contribution in [1.82, 2.24) is 9.96 Å². The van der Waals surface area contributed by atoms with Gasteiger partial charge in [0.25, 0.3) is 0 Å². The molecule has 0 rings (SSSR count). The first-order valence-corrected chi connectivity index (χ1v) is 7.90. The molecule has 0 aliphatic carbocycles. The fourth-order valence-electron chi connectivity index (χ4n) is 1.63. The minimum atomic E-state index is -1.15. The van der Waals surface area contributed by atoms with E-state index in [0.717, 1.165) is 11.3 Å². The predicted molar refractivity (Wildman–Crippen MR) is 86.2 cm³/mol. The Labute approximate surface area is 142 Å². The van der Waals surface area contributed by atoms with E-state index < -0.39 is 36.0 Å². The summed E-state index contributed by atoms with van der Waals surface area (Å²) in [5, 5.41) is 17.6. The molecule has 1 unspecified atom stereocenters. The van der Waals surface area contributed by atoms with E-state index in [9.17, 15) is 19.5 Å². The molecule has 1 amide bonds. The summed E-state index contributed by atoms with van der Waals surface area (Å²) >= 11 is 0. The first-order chi connectivity index (χ1) is 11.2. The highest BCUT2D eigenvalue weighted by Crippen LogP contribution is 2.10. The van der Waals surface area contributed by atoms with E-state index in [1.807, 2.05) is 6.92 Å². The molecule has 0 aromatic carbocycles. The Morgan fingerprint density at radius 2 is 1.79 bits per heavy atom. The zero-order valence-electron chi connectivity index (χ0n) is 14.9. The van der Waals surface area contributed by atoms with E-state index in [-0.39, 0.29) is 13.0 Å². The van der Waals surface area contributed by atoms with Gasteiger partial charge in [-0.15, -0.1) is 0 Å². The van der Waals surface area contributed by atoms with Gasteiger partial charge in [-0.25, -0.2) is 14.4 Å². The highest BCUT2D eigenvalue weighted by Gasteiger charge is 2.33. The number of unbranched alkanes of at least 4 members (excludes halogenated alkanes) is 1. The minimum Gasteiger partial charge on any atom is -0.480 e. The van der Waals surface area contributed by atoms with Crippen LogP contribution in [0.4, 0.5) is 4.79 Å². The van der Waals surface area contributed by atoms with Gasteiger partial charge in [-0.2, -0.15) is 0 Å². The molecule has 0 bridgehead atoms. The summed E-state index contributed by atoms with van der Waals surface area (Å²) in [5.41, 5.74) is 0. The van der Waals surface area contributed by atoms with Crippen molar-refractivity contribution in [3.05, 3.63) is 0 Å². The molecule has 0 spiro atoms. The molecule has 0 heterocycles. The molecule has 9 heteroatoms. The molecular formula is C15H27N3O6. The zero-order chi connectivity index (χ0) is 18.9. The standard InChI is InChI=1S/C15H27N3O6/c1-6-8-9-23-15(22)18(24-13(21)10(3)4)14(16)17(5)11(7-2)12(19)20/h10-11,16H,6-9H2,1-5H3,(H,19,20). The van der Waals surface area contributed by atoms with Crippen LogP contribution in [0.5, 0.6) is 0 Å². The number of amides is 1. The second kappa shape index (κ2) is 10.5. The summed E-state index contributed by atoms with van der Waals surface area (Å²) in [4.78, 5) is 41.1. The van der Waals surface area contributed by atoms with Crippen molar-refractivity contribution in [2.75, 3.05) is 13.7 Å². The quantitative estimate of drug-likeness (QED) is 0.313. The minimum absolute atomic E-state index is 0.109. The largest absolute Gasteiger partial charge is 0.480 e. The lowest BCUT2D eigenvalue weighted by Crippen LogP contribution is -2.52. The van der Waals surface area contributed by atoms with Crippen molar-refractivity contribution in [1.29, 1.82) is 5.41 Å². The monoisotopic (exact) mass is 345 g/mol. The number of hydroxylamine groups is 2. The molecule has 0 aliphatic rings. The topological polar surface area (TPSA) is 120 Å². The zero-order valence-corrected chi connectivity index (χ0v) is 14.9. The van der Waals surface area contributed by atoms with E-state index in [1.165, 1.54) is 7.05 Å². The highest BCUT2D eigenvalue weighted by molar-refractivity contribution is 5.94. The number of nitrogens with one attached hydrogen (secondary N) is 1. The molecular weight excluding hydrogens is 318 g/mol. The van der Waals surface area contributed by atoms with Gasteiger partial charge in [-0.3, -0.25) is 5.41 Å². The van der Waals surface area contributed by atoms with Crippen LogP contribution in [0, 0.1) is 11.3 Å². The van der Waals surface area contributed by atoms with Gasteiger partial charge in [0, 0.05) is 7.05 Å². The van der Waals surface area contributed by atoms with E-state index >= 15 is 0 Å². The SMILES string of the molecule is CCCCOC(=O)N(OC(=O)C(C)C)C(=N)N(C)C(CC)C(=O)O. The van der Waals surface area contributed by atoms with Crippen LogP contribution < -0.4 is 0 Å². The van der Waals surface area contributed by atoms with Gasteiger partial charge in [-0.1, -0.05) is 39.2 Å². The molecule has 0 aromatic rings. The maximum atomic E-state index is 12.1. The number of likely N-dealkylation sites (N-methyl/N-ethyl adjacent to an activating group) is 1. The smallest absolute Gasteiger partial charge is 0.451 e. The molecule has 9 nitrogen and oxygen atoms in total. The van der Waals surface area contributed by atoms with Crippen LogP contribution >= 0.6 is 0 Å². The van der Waals surface area contributed by atoms with Gasteiger partial charge < -0.3 is 19.6 Å². The van der Waals surface area contributed by atoms with Crippen molar-refractivity contribution in [3.63, 3.8) is 0 Å². The lowest BCUT2D eigenvalue weighted by atomic mass is 10.2. The van der Waals surface area contributed by atoms with Crippen molar-refractivity contribution in [3.8, 4) is 0 Å². The number of nitrogens with zero attached hydrogens (tertiary/aromatic N) is 2. The van der Waals surface area contributed by atoms with Crippen LogP contribution in [0.1, 0.15) is 47.0 Å². The van der Waals surface area contributed by atoms with E-state index in [2.05, 4.69) is 0 Å². The highest BCUT2D eigenvalue weighted by atomic mass is 16.8. The molecule has 24 heavy (non-hydrogen) atoms. The number of carbonyl (C=O) groups is 3. The summed E-state index contributed by atoms with van der Waals surface area (Å²) in [6, 6.07) is -1.04. The van der Waals surface area contributed by atoms with Gasteiger partial charge in [0.2, 0.25) is 5.96 Å². The Kier molecular flexibility index (Phi) is 9.44. The second-order valence-corrected chi connectivity index (χ2v) is 5.52. The maximum Gasteiger partial charge on any atom is 0.451 e. The van der Waals surface area contributed by atoms with Crippen LogP contribution in [-0.2, 0) is 19.2 Å². The molecule has 0 saturated carbocycles. The number of aliphatic carboxylic acids is 1. The van der Waals surface area contributed by atoms with E-state index in [4.69, 9.17) is 15.0 Å². The van der Waals surface area contributed by atoms with Gasteiger partial charge in [0.05, 0.1) is 12.5 Å². The summed E-state index contributed by atoms with van der Waals surface area (Å²) in [6.45, 7) is 6.80. The van der Waals surface area contributed by atoms with Gasteiger partial charge in [0.15, 0.2) is 0 Å². The number of guanidine groups is 1. The predicted octanol–water partition coefficient (Wildman–Crippen LogP) is 2.07. The lowest BCUT2D eigenvalue weighted by Gasteiger charge is -2.30. The number of hydrogen-bond donors (Lipinski definition) is 2. The third-order valence-corrected chi connectivity index (χ3v) is 3.21. The Balaban J connectivity index is 5.27. The van der Waals surface area contributed by atoms with Crippen LogP contribution in [-0.4, -0.2) is 58.8 Å². The molecule has 2 N–H and O–H groups in total. The third-order valence-electron chi connectivity index (χ3n) is 3.21. The molecule has 138 valence electrons. The summed E-state index contributed by atoms with van der Waals surface area (Å²) in [5.74, 6) is -3.00. The number of carbonyl (C=O) groups excluding carboxylic acids is 2. The molecule has 1 atom stereocenters. The number of carboxylic acid groups (broad SMARTS) is 1. The first kappa shape index (κ1) is 21.7. The number of carboxylic acids is 1. The molecule has 0 radical (unpaired) electrons. The third kappa shape index (κ3) is 6.43. The average Bonchev–Trinajstić information content (AvgIpc) is 2.51. The van der Waals surface area contributed by atoms with Crippen molar-refractivity contribution >= 4 is 24.0 Å². The first-order valence-electron chi connectivity index (χ1n) is 7.90. The van der Waals surface area contributed by atoms with Crippen LogP contribution in [0.2, 0.25) is 0 Å². The number of rotatable bonds is 7. The summed E-state index contributed by atoms with van der Waals surface area (Å²) < 4.78 is 4.97. The Hall–Kier alpha value is -2.32. The normalized spacial score (nSPS) is 11.6. The van der Waals surface area contributed by atoms with Gasteiger partial charge in [-0.05, 0) is 12.8 Å². The van der Waals surface area contributed by atoms with Crippen molar-refractivity contribution in [2.24, 2.45) is 5.92 Å². The van der Waals surface area contributed by atoms with E-state index in [1.54, 1.807) is 20.8 Å². The Bertz CT molecular complexity index is 466. The maximum absolute atomic E-state index is 12.1. The molecule has 0 saturated heterocycles. The fourth-order valence-corrected chi connectivity index (χ4v) is 1.63. The van der Waals surface area contributed by atoms with Crippen LogP contribution in [0.3, 0.4) is 0 Å². The van der Waals surface area contributed by atoms with Gasteiger partial charge >= 0.3 is 18.0 Å². The van der Waals surface area contributed by atoms with Gasteiger partial charge in [0.1, 0.15) is 6.04 Å². The number of ether oxygens (including phenoxy) is 1. The average molecular weight is 345 g/mol. The van der Waals surface area contributed by atoms with E-state index in [0.29, 0.717) is 11.5 Å². The Morgan fingerprint density at radius 1 is 1.21 bits per heavy atom. The van der Waals surface area contributed by atoms with Crippen LogP contribution in [0.25, 0.3) is 0 Å². The lowest BCUT2D eigenvalue weighted by molar-refractivity contribution is -0.173. The van der Waals surface area contributed by atoms with Crippen molar-refractivity contribution in [2.45, 2.75) is 53.0 Å². The molecule has 0 aromatic heterocycles. The molecule has 0 fully saturated rings.